The van der Waals surface area contributed by atoms with Crippen LogP contribution in [0.15, 0.2) is 6.07 Å². The van der Waals surface area contributed by atoms with E-state index in [1.54, 1.807) is 6.07 Å². The van der Waals surface area contributed by atoms with E-state index in [-0.39, 0.29) is 0 Å². The molecule has 1 aromatic rings. The van der Waals surface area contributed by atoms with Crippen LogP contribution in [0.5, 0.6) is 0 Å². The topological polar surface area (TPSA) is 37.0 Å². The minimum Gasteiger partial charge on any atom is -0.369 e. The first-order valence-electron chi connectivity index (χ1n) is 7.45. The van der Waals surface area contributed by atoms with Gasteiger partial charge in [0.1, 0.15) is 11.6 Å². The molecule has 3 nitrogen and oxygen atoms in total. The van der Waals surface area contributed by atoms with Crippen molar-refractivity contribution in [2.75, 3.05) is 23.7 Å². The van der Waals surface area contributed by atoms with E-state index in [9.17, 15) is 0 Å². The zero-order valence-electron chi connectivity index (χ0n) is 12.2. The van der Waals surface area contributed by atoms with Crippen molar-refractivity contribution in [1.82, 2.24) is 4.98 Å². The lowest BCUT2D eigenvalue weighted by Crippen LogP contribution is -2.24. The summed E-state index contributed by atoms with van der Waals surface area (Å²) in [4.78, 5) is 4.48. The molecule has 1 aliphatic carbocycles. The Morgan fingerprint density at radius 3 is 2.45 bits per heavy atom. The lowest BCUT2D eigenvalue weighted by atomic mass is 9.80. The van der Waals surface area contributed by atoms with E-state index in [4.69, 9.17) is 23.2 Å². The summed E-state index contributed by atoms with van der Waals surface area (Å²) < 4.78 is 0. The molecule has 2 unspecified atom stereocenters. The third-order valence-electron chi connectivity index (χ3n) is 4.09. The molecule has 0 bridgehead atoms. The van der Waals surface area contributed by atoms with Gasteiger partial charge in [-0.25, -0.2) is 4.98 Å². The van der Waals surface area contributed by atoms with Crippen LogP contribution in [-0.2, 0) is 0 Å². The van der Waals surface area contributed by atoms with Crippen molar-refractivity contribution in [3.05, 3.63) is 16.1 Å². The van der Waals surface area contributed by atoms with E-state index in [0.29, 0.717) is 21.8 Å². The van der Waals surface area contributed by atoms with Crippen LogP contribution in [0.2, 0.25) is 10.0 Å². The third kappa shape index (κ3) is 3.92. The summed E-state index contributed by atoms with van der Waals surface area (Å²) in [6.45, 7) is 6.07. The zero-order chi connectivity index (χ0) is 14.5. The van der Waals surface area contributed by atoms with Gasteiger partial charge in [0.05, 0.1) is 10.0 Å². The predicted octanol–water partition coefficient (Wildman–Crippen LogP) is 5.06. The highest BCUT2D eigenvalue weighted by molar-refractivity contribution is 6.37. The number of halogens is 2. The fourth-order valence-electron chi connectivity index (χ4n) is 2.81. The standard InChI is InChI=1S/C15H23Cl2N3/c1-3-18-14-12(16)8-13(17)15(20-14)19-9-11-7-5-4-6-10(11)2/h8,10-11H,3-7,9H2,1-2H3,(H2,18,19,20). The number of hydrogen-bond acceptors (Lipinski definition) is 3. The Morgan fingerprint density at radius 1 is 1.15 bits per heavy atom. The molecule has 1 aliphatic rings. The Labute approximate surface area is 131 Å². The molecule has 0 radical (unpaired) electrons. The van der Waals surface area contributed by atoms with Gasteiger partial charge in [-0.2, -0.15) is 0 Å². The van der Waals surface area contributed by atoms with Gasteiger partial charge in [-0.1, -0.05) is 49.4 Å². The molecule has 112 valence electrons. The molecule has 0 spiro atoms. The normalized spacial score (nSPS) is 22.6. The van der Waals surface area contributed by atoms with E-state index in [1.165, 1.54) is 25.7 Å². The predicted molar refractivity (Wildman–Crippen MR) is 88.0 cm³/mol. The summed E-state index contributed by atoms with van der Waals surface area (Å²) in [6.07, 6.45) is 5.32. The van der Waals surface area contributed by atoms with E-state index in [0.717, 1.165) is 24.8 Å². The maximum atomic E-state index is 6.22. The molecule has 2 atom stereocenters. The first-order chi connectivity index (χ1) is 9.61. The smallest absolute Gasteiger partial charge is 0.147 e. The van der Waals surface area contributed by atoms with Crippen LogP contribution in [0.1, 0.15) is 39.5 Å². The lowest BCUT2D eigenvalue weighted by molar-refractivity contribution is 0.268. The molecule has 0 aromatic carbocycles. The molecule has 1 saturated carbocycles. The van der Waals surface area contributed by atoms with E-state index in [1.807, 2.05) is 6.92 Å². The average Bonchev–Trinajstić information content (AvgIpc) is 2.42. The summed E-state index contributed by atoms with van der Waals surface area (Å²) in [7, 11) is 0. The van der Waals surface area contributed by atoms with Crippen LogP contribution in [0.3, 0.4) is 0 Å². The van der Waals surface area contributed by atoms with Crippen molar-refractivity contribution in [3.8, 4) is 0 Å². The van der Waals surface area contributed by atoms with Gasteiger partial charge in [0.15, 0.2) is 0 Å². The second-order valence-electron chi connectivity index (χ2n) is 5.58. The molecule has 0 aliphatic heterocycles. The summed E-state index contributed by atoms with van der Waals surface area (Å²) in [6, 6.07) is 1.75. The molecule has 1 aromatic heterocycles. The molecular weight excluding hydrogens is 293 g/mol. The van der Waals surface area contributed by atoms with Crippen molar-refractivity contribution in [2.45, 2.75) is 39.5 Å². The molecule has 0 amide bonds. The largest absolute Gasteiger partial charge is 0.369 e. The van der Waals surface area contributed by atoms with Crippen molar-refractivity contribution in [2.24, 2.45) is 11.8 Å². The van der Waals surface area contributed by atoms with Gasteiger partial charge in [-0.3, -0.25) is 0 Å². The SMILES string of the molecule is CCNc1nc(NCC2CCCCC2C)c(Cl)cc1Cl. The van der Waals surface area contributed by atoms with Crippen molar-refractivity contribution < 1.29 is 0 Å². The minimum atomic E-state index is 0.563. The number of nitrogens with zero attached hydrogens (tertiary/aromatic N) is 1. The van der Waals surface area contributed by atoms with Crippen LogP contribution >= 0.6 is 23.2 Å². The fraction of sp³-hybridized carbons (Fsp3) is 0.667. The number of rotatable bonds is 5. The van der Waals surface area contributed by atoms with Crippen LogP contribution in [-0.4, -0.2) is 18.1 Å². The highest BCUT2D eigenvalue weighted by Crippen LogP contribution is 2.32. The average molecular weight is 316 g/mol. The van der Waals surface area contributed by atoms with Gasteiger partial charge in [-0.15, -0.1) is 0 Å². The summed E-state index contributed by atoms with van der Waals surface area (Å²) in [5.74, 6) is 2.90. The van der Waals surface area contributed by atoms with Gasteiger partial charge in [0.25, 0.3) is 0 Å². The fourth-order valence-corrected chi connectivity index (χ4v) is 3.30. The molecular formula is C15H23Cl2N3. The Kier molecular flexibility index (Phi) is 5.79. The van der Waals surface area contributed by atoms with E-state index < -0.39 is 0 Å². The van der Waals surface area contributed by atoms with Gasteiger partial charge in [-0.05, 0) is 31.2 Å². The maximum Gasteiger partial charge on any atom is 0.147 e. The van der Waals surface area contributed by atoms with Gasteiger partial charge in [0, 0.05) is 13.1 Å². The number of hydrogen-bond donors (Lipinski definition) is 2. The van der Waals surface area contributed by atoms with Crippen LogP contribution < -0.4 is 10.6 Å². The molecule has 1 fully saturated rings. The first kappa shape index (κ1) is 15.7. The molecule has 20 heavy (non-hydrogen) atoms. The zero-order valence-corrected chi connectivity index (χ0v) is 13.7. The molecule has 1 heterocycles. The second kappa shape index (κ2) is 7.37. The van der Waals surface area contributed by atoms with Crippen LogP contribution in [0.4, 0.5) is 11.6 Å². The first-order valence-corrected chi connectivity index (χ1v) is 8.21. The van der Waals surface area contributed by atoms with E-state index >= 15 is 0 Å². The lowest BCUT2D eigenvalue weighted by Gasteiger charge is -2.29. The number of aromatic nitrogens is 1. The Hall–Kier alpha value is -0.670. The number of pyridine rings is 1. The number of anilines is 2. The summed E-state index contributed by atoms with van der Waals surface area (Å²) >= 11 is 12.3. The highest BCUT2D eigenvalue weighted by Gasteiger charge is 2.21. The van der Waals surface area contributed by atoms with Gasteiger partial charge in [0.2, 0.25) is 0 Å². The molecule has 5 heteroatoms. The highest BCUT2D eigenvalue weighted by atomic mass is 35.5. The molecule has 2 N–H and O–H groups in total. The van der Waals surface area contributed by atoms with Crippen molar-refractivity contribution >= 4 is 34.8 Å². The van der Waals surface area contributed by atoms with Gasteiger partial charge >= 0.3 is 0 Å². The summed E-state index contributed by atoms with van der Waals surface area (Å²) in [5.41, 5.74) is 0. The quantitative estimate of drug-likeness (QED) is 0.797. The number of nitrogens with one attached hydrogen (secondary N) is 2. The van der Waals surface area contributed by atoms with Crippen LogP contribution in [0, 0.1) is 11.8 Å². The van der Waals surface area contributed by atoms with Gasteiger partial charge < -0.3 is 10.6 Å². The monoisotopic (exact) mass is 315 g/mol. The minimum absolute atomic E-state index is 0.563. The third-order valence-corrected chi connectivity index (χ3v) is 4.67. The van der Waals surface area contributed by atoms with Crippen molar-refractivity contribution in [1.29, 1.82) is 0 Å². The maximum absolute atomic E-state index is 6.22. The molecule has 2 rings (SSSR count). The Bertz CT molecular complexity index is 451. The van der Waals surface area contributed by atoms with E-state index in [2.05, 4.69) is 22.5 Å². The Balaban J connectivity index is 2.02. The second-order valence-corrected chi connectivity index (χ2v) is 6.40. The molecule has 0 saturated heterocycles. The van der Waals surface area contributed by atoms with Crippen molar-refractivity contribution in [3.63, 3.8) is 0 Å². The Morgan fingerprint density at radius 2 is 1.80 bits per heavy atom. The summed E-state index contributed by atoms with van der Waals surface area (Å²) in [5, 5.41) is 7.69. The van der Waals surface area contributed by atoms with Crippen LogP contribution in [0.25, 0.3) is 0 Å².